The van der Waals surface area contributed by atoms with Gasteiger partial charge in [0, 0.05) is 44.3 Å². The van der Waals surface area contributed by atoms with E-state index in [0.29, 0.717) is 17.5 Å². The molecule has 0 aliphatic heterocycles. The Morgan fingerprint density at radius 2 is 0.911 bits per heavy atom. The summed E-state index contributed by atoms with van der Waals surface area (Å²) in [4.78, 5) is 14.8. The van der Waals surface area contributed by atoms with E-state index >= 15 is 0 Å². The SMILES string of the molecule is C=C/C=C(\C=C)c1nc(-c2ccc(-c3ccccc3)cc2)nc(-c2cccc(-c3cccc(-c4ccc5oc6cc7oc8ccccc8c7cc6c5c4)c3)c2)n1. The number of fused-ring (bicyclic) bond motifs is 6. The van der Waals surface area contributed by atoms with E-state index < -0.39 is 0 Å². The fourth-order valence-electron chi connectivity index (χ4n) is 7.46. The third kappa shape index (κ3) is 5.88. The fraction of sp³-hybridized carbons (Fsp3) is 0. The van der Waals surface area contributed by atoms with Crippen LogP contribution in [-0.4, -0.2) is 15.0 Å². The molecule has 56 heavy (non-hydrogen) atoms. The van der Waals surface area contributed by atoms with Crippen LogP contribution < -0.4 is 0 Å². The van der Waals surface area contributed by atoms with Crippen LogP contribution in [-0.2, 0) is 0 Å². The lowest BCUT2D eigenvalue weighted by atomic mass is 9.97. The van der Waals surface area contributed by atoms with Crippen molar-refractivity contribution in [2.75, 3.05) is 0 Å². The summed E-state index contributed by atoms with van der Waals surface area (Å²) in [7, 11) is 0. The van der Waals surface area contributed by atoms with Crippen LogP contribution in [0.4, 0.5) is 0 Å². The van der Waals surface area contributed by atoms with Crippen LogP contribution in [0.25, 0.3) is 106 Å². The van der Waals surface area contributed by atoms with Crippen LogP contribution in [0.15, 0.2) is 198 Å². The number of furan rings is 2. The van der Waals surface area contributed by atoms with Crippen molar-refractivity contribution in [3.8, 4) is 56.2 Å². The van der Waals surface area contributed by atoms with Crippen molar-refractivity contribution in [1.82, 2.24) is 15.0 Å². The minimum absolute atomic E-state index is 0.531. The summed E-state index contributed by atoms with van der Waals surface area (Å²) in [5.41, 5.74) is 12.5. The zero-order chi connectivity index (χ0) is 37.6. The molecule has 0 saturated heterocycles. The van der Waals surface area contributed by atoms with Gasteiger partial charge in [0.05, 0.1) is 0 Å². The number of aromatic nitrogens is 3. The molecule has 3 aromatic heterocycles. The summed E-state index contributed by atoms with van der Waals surface area (Å²) in [5, 5.41) is 4.31. The van der Waals surface area contributed by atoms with Gasteiger partial charge in [0.2, 0.25) is 0 Å². The maximum absolute atomic E-state index is 6.31. The van der Waals surface area contributed by atoms with Gasteiger partial charge in [-0.15, -0.1) is 0 Å². The van der Waals surface area contributed by atoms with Gasteiger partial charge in [0.1, 0.15) is 22.3 Å². The lowest BCUT2D eigenvalue weighted by Crippen LogP contribution is -2.02. The summed E-state index contributed by atoms with van der Waals surface area (Å²) in [6.07, 6.45) is 5.32. The van der Waals surface area contributed by atoms with E-state index in [2.05, 4.69) is 116 Å². The van der Waals surface area contributed by atoms with Crippen LogP contribution in [0, 0.1) is 0 Å². The molecule has 0 spiro atoms. The molecule has 0 aliphatic carbocycles. The molecular weight excluding hydrogens is 687 g/mol. The van der Waals surface area contributed by atoms with E-state index in [1.165, 1.54) is 0 Å². The minimum atomic E-state index is 0.531. The molecule has 7 aromatic carbocycles. The van der Waals surface area contributed by atoms with E-state index in [0.717, 1.165) is 94.0 Å². The molecule has 5 heteroatoms. The second kappa shape index (κ2) is 13.7. The number of benzene rings is 7. The molecular formula is C51H33N3O2. The predicted octanol–water partition coefficient (Wildman–Crippen LogP) is 13.8. The van der Waals surface area contributed by atoms with Gasteiger partial charge in [-0.05, 0) is 69.8 Å². The summed E-state index contributed by atoms with van der Waals surface area (Å²) in [6.45, 7) is 7.91. The van der Waals surface area contributed by atoms with Crippen molar-refractivity contribution in [3.63, 3.8) is 0 Å². The number of hydrogen-bond donors (Lipinski definition) is 0. The predicted molar refractivity (Wildman–Crippen MR) is 230 cm³/mol. The fourth-order valence-corrected chi connectivity index (χ4v) is 7.46. The minimum Gasteiger partial charge on any atom is -0.456 e. The van der Waals surface area contributed by atoms with Crippen molar-refractivity contribution >= 4 is 49.5 Å². The van der Waals surface area contributed by atoms with Crippen molar-refractivity contribution in [1.29, 1.82) is 0 Å². The third-order valence-electron chi connectivity index (χ3n) is 10.3. The van der Waals surface area contributed by atoms with Crippen molar-refractivity contribution in [2.45, 2.75) is 0 Å². The van der Waals surface area contributed by atoms with Gasteiger partial charge in [-0.3, -0.25) is 0 Å². The first kappa shape index (κ1) is 33.0. The molecule has 0 saturated carbocycles. The quantitative estimate of drug-likeness (QED) is 0.146. The molecule has 0 amide bonds. The molecule has 10 rings (SSSR count). The lowest BCUT2D eigenvalue weighted by Gasteiger charge is -2.11. The average molecular weight is 720 g/mol. The molecule has 0 radical (unpaired) electrons. The molecule has 0 N–H and O–H groups in total. The first-order chi connectivity index (χ1) is 27.6. The average Bonchev–Trinajstić information content (AvgIpc) is 3.81. The lowest BCUT2D eigenvalue weighted by molar-refractivity contribution is 0.656. The Balaban J connectivity index is 1.02. The molecule has 3 heterocycles. The van der Waals surface area contributed by atoms with Gasteiger partial charge in [0.15, 0.2) is 17.5 Å². The highest BCUT2D eigenvalue weighted by Gasteiger charge is 2.16. The molecule has 264 valence electrons. The maximum Gasteiger partial charge on any atom is 0.164 e. The third-order valence-corrected chi connectivity index (χ3v) is 10.3. The van der Waals surface area contributed by atoms with Gasteiger partial charge in [-0.2, -0.15) is 0 Å². The highest BCUT2D eigenvalue weighted by Crippen LogP contribution is 2.39. The molecule has 10 aromatic rings. The summed E-state index contributed by atoms with van der Waals surface area (Å²) in [6, 6.07) is 54.3. The van der Waals surface area contributed by atoms with Crippen LogP contribution in [0.3, 0.4) is 0 Å². The van der Waals surface area contributed by atoms with Crippen LogP contribution in [0.2, 0.25) is 0 Å². The molecule has 0 unspecified atom stereocenters. The van der Waals surface area contributed by atoms with E-state index in [1.807, 2.05) is 60.7 Å². The van der Waals surface area contributed by atoms with E-state index in [4.69, 9.17) is 23.8 Å². The smallest absolute Gasteiger partial charge is 0.164 e. The Labute approximate surface area is 323 Å². The normalized spacial score (nSPS) is 11.8. The highest BCUT2D eigenvalue weighted by molar-refractivity contribution is 6.15. The second-order valence-corrected chi connectivity index (χ2v) is 13.7. The molecule has 0 atom stereocenters. The van der Waals surface area contributed by atoms with Gasteiger partial charge >= 0.3 is 0 Å². The molecule has 0 fully saturated rings. The Morgan fingerprint density at radius 3 is 1.62 bits per heavy atom. The van der Waals surface area contributed by atoms with Crippen LogP contribution >= 0.6 is 0 Å². The number of nitrogens with zero attached hydrogens (tertiary/aromatic N) is 3. The highest BCUT2D eigenvalue weighted by atomic mass is 16.3. The van der Waals surface area contributed by atoms with Crippen molar-refractivity contribution in [3.05, 3.63) is 195 Å². The molecule has 5 nitrogen and oxygen atoms in total. The number of hydrogen-bond acceptors (Lipinski definition) is 5. The van der Waals surface area contributed by atoms with Crippen molar-refractivity contribution in [2.24, 2.45) is 0 Å². The van der Waals surface area contributed by atoms with Gasteiger partial charge < -0.3 is 8.83 Å². The largest absolute Gasteiger partial charge is 0.456 e. The first-order valence-corrected chi connectivity index (χ1v) is 18.5. The van der Waals surface area contributed by atoms with E-state index in [9.17, 15) is 0 Å². The summed E-state index contributed by atoms with van der Waals surface area (Å²) < 4.78 is 12.4. The Hall–Kier alpha value is -7.63. The van der Waals surface area contributed by atoms with Gasteiger partial charge in [-0.1, -0.05) is 147 Å². The number of allylic oxidation sites excluding steroid dienone is 4. The zero-order valence-corrected chi connectivity index (χ0v) is 30.3. The topological polar surface area (TPSA) is 65.0 Å². The van der Waals surface area contributed by atoms with Gasteiger partial charge in [0.25, 0.3) is 0 Å². The standard InChI is InChI=1S/C51H33N3O2/c1-3-12-32(4-2)49-52-50(35-23-21-34(22-24-35)33-13-6-5-7-14-33)54-51(53-49)40-18-11-17-38(28-40)36-15-10-16-37(27-36)39-25-26-46-42(29-39)44-30-43-41-19-8-9-20-45(41)55-47(43)31-48(44)56-46/h3-31H,1-2H2/b32-12+. The van der Waals surface area contributed by atoms with E-state index in [-0.39, 0.29) is 0 Å². The number of para-hydroxylation sites is 1. The van der Waals surface area contributed by atoms with Crippen LogP contribution in [0.1, 0.15) is 5.82 Å². The van der Waals surface area contributed by atoms with Crippen LogP contribution in [0.5, 0.6) is 0 Å². The second-order valence-electron chi connectivity index (χ2n) is 13.7. The van der Waals surface area contributed by atoms with Crippen molar-refractivity contribution < 1.29 is 8.83 Å². The maximum atomic E-state index is 6.31. The Morgan fingerprint density at radius 1 is 0.393 bits per heavy atom. The summed E-state index contributed by atoms with van der Waals surface area (Å²) >= 11 is 0. The first-order valence-electron chi connectivity index (χ1n) is 18.5. The zero-order valence-electron chi connectivity index (χ0n) is 30.3. The van der Waals surface area contributed by atoms with Gasteiger partial charge in [-0.25, -0.2) is 15.0 Å². The monoisotopic (exact) mass is 719 g/mol. The molecule has 0 aliphatic rings. The summed E-state index contributed by atoms with van der Waals surface area (Å²) in [5.74, 6) is 1.68. The van der Waals surface area contributed by atoms with E-state index in [1.54, 1.807) is 12.2 Å². The number of rotatable bonds is 8. The Kier molecular flexibility index (Phi) is 8.04. The Bertz CT molecular complexity index is 3170. The molecule has 0 bridgehead atoms.